The van der Waals surface area contributed by atoms with E-state index in [1.165, 1.54) is 0 Å². The Morgan fingerprint density at radius 2 is 1.88 bits per heavy atom. The van der Waals surface area contributed by atoms with Crippen molar-refractivity contribution in [2.24, 2.45) is 22.6 Å². The first-order valence-corrected chi connectivity index (χ1v) is 14.4. The number of carbonyl (C=O) groups is 4. The Hall–Kier alpha value is -4.80. The maximum Gasteiger partial charge on any atom is 0.262 e. The molecule has 0 spiro atoms. The van der Waals surface area contributed by atoms with Gasteiger partial charge in [-0.1, -0.05) is 0 Å². The summed E-state index contributed by atoms with van der Waals surface area (Å²) < 4.78 is 0. The second-order valence-electron chi connectivity index (χ2n) is 11.6. The molecule has 1 aromatic carbocycles. The molecule has 5 N–H and O–H groups in total. The Bertz CT molecular complexity index is 1700. The fraction of sp³-hybridized carbons (Fsp3) is 0.355. The first-order valence-electron chi connectivity index (χ1n) is 14.4. The van der Waals surface area contributed by atoms with E-state index in [0.717, 1.165) is 64.1 Å². The second kappa shape index (κ2) is 10.2. The number of amides is 4. The fourth-order valence-electron chi connectivity index (χ4n) is 6.10. The number of imide groups is 2. The largest absolute Gasteiger partial charge is 0.401 e. The highest BCUT2D eigenvalue weighted by Crippen LogP contribution is 2.38. The third-order valence-electron chi connectivity index (χ3n) is 8.72. The number of hydrogen-bond acceptors (Lipinski definition) is 8. The second-order valence-corrected chi connectivity index (χ2v) is 11.6. The molecule has 3 aromatic rings. The van der Waals surface area contributed by atoms with E-state index in [4.69, 9.17) is 10.7 Å². The summed E-state index contributed by atoms with van der Waals surface area (Å²) in [5, 5.41) is 6.64. The van der Waals surface area contributed by atoms with E-state index in [2.05, 4.69) is 20.6 Å². The van der Waals surface area contributed by atoms with Crippen LogP contribution in [0.5, 0.6) is 0 Å². The number of aromatic nitrogens is 2. The van der Waals surface area contributed by atoms with Crippen molar-refractivity contribution in [3.63, 3.8) is 0 Å². The number of aliphatic imine (C=N–C) groups is 1. The lowest BCUT2D eigenvalue weighted by Crippen LogP contribution is -2.54. The summed E-state index contributed by atoms with van der Waals surface area (Å²) in [5.74, 6) is -1.21. The molecule has 1 atom stereocenters. The van der Waals surface area contributed by atoms with Crippen molar-refractivity contribution >= 4 is 52.0 Å². The van der Waals surface area contributed by atoms with Crippen molar-refractivity contribution in [2.45, 2.75) is 50.6 Å². The quantitative estimate of drug-likeness (QED) is 0.241. The average Bonchev–Trinajstić information content (AvgIpc) is 3.65. The van der Waals surface area contributed by atoms with Crippen molar-refractivity contribution in [2.75, 3.05) is 11.9 Å². The molecule has 2 aliphatic carbocycles. The van der Waals surface area contributed by atoms with Gasteiger partial charge in [-0.3, -0.25) is 39.4 Å². The smallest absolute Gasteiger partial charge is 0.262 e. The fourth-order valence-corrected chi connectivity index (χ4v) is 6.10. The van der Waals surface area contributed by atoms with Gasteiger partial charge in [0.15, 0.2) is 0 Å². The SMILES string of the molecule is NC(=C(C=NC1CC(CNc2ccc3c(c2)C(=O)N(C2CCC(=O)NC2=O)C3=O)C1)c1nccc2[nH]ccc12)C1CC1. The topological polar surface area (TPSA) is 163 Å². The zero-order valence-electron chi connectivity index (χ0n) is 22.9. The Kier molecular flexibility index (Phi) is 6.37. The molecule has 0 bridgehead atoms. The summed E-state index contributed by atoms with van der Waals surface area (Å²) in [5.41, 5.74) is 11.5. The van der Waals surface area contributed by atoms with Crippen LogP contribution >= 0.6 is 0 Å². The van der Waals surface area contributed by atoms with Gasteiger partial charge < -0.3 is 16.0 Å². The lowest BCUT2D eigenvalue weighted by atomic mass is 9.80. The number of allylic oxidation sites excluding steroid dienone is 2. The van der Waals surface area contributed by atoms with Gasteiger partial charge in [0.25, 0.3) is 11.8 Å². The maximum atomic E-state index is 13.1. The van der Waals surface area contributed by atoms with Gasteiger partial charge >= 0.3 is 0 Å². The highest BCUT2D eigenvalue weighted by Gasteiger charge is 2.44. The van der Waals surface area contributed by atoms with Crippen molar-refractivity contribution in [3.05, 3.63) is 65.2 Å². The number of rotatable bonds is 8. The number of piperidine rings is 1. The molecular weight excluding hydrogens is 534 g/mol. The third kappa shape index (κ3) is 4.64. The number of nitrogens with zero attached hydrogens (tertiary/aromatic N) is 3. The molecule has 4 amide bonds. The van der Waals surface area contributed by atoms with E-state index in [1.54, 1.807) is 24.4 Å². The van der Waals surface area contributed by atoms with Crippen LogP contribution in [0.1, 0.15) is 64.9 Å². The van der Waals surface area contributed by atoms with E-state index in [9.17, 15) is 19.2 Å². The number of hydrogen-bond donors (Lipinski definition) is 4. The number of nitrogens with one attached hydrogen (secondary N) is 3. The van der Waals surface area contributed by atoms with E-state index >= 15 is 0 Å². The number of aromatic amines is 1. The Morgan fingerprint density at radius 3 is 2.67 bits per heavy atom. The maximum absolute atomic E-state index is 13.1. The molecule has 2 aromatic heterocycles. The van der Waals surface area contributed by atoms with Crippen LogP contribution in [-0.2, 0) is 9.59 Å². The standard InChI is InChI=1S/C31H31N7O4/c32-27(17-1-2-17)23(28-21-7-9-33-24(21)8-10-34-28)15-36-19-11-16(12-19)14-35-18-3-4-20-22(13-18)31(42)38(30(20)41)25-5-6-26(39)37-29(25)40/h3-4,7-10,13,15-17,19,25,33,35H,1-2,5-6,11-12,14,32H2,(H,37,39,40). The Morgan fingerprint density at radius 1 is 1.07 bits per heavy atom. The number of H-pyrrole nitrogens is 1. The minimum absolute atomic E-state index is 0.0918. The Balaban J connectivity index is 0.976. The predicted molar refractivity (Wildman–Crippen MR) is 157 cm³/mol. The van der Waals surface area contributed by atoms with Gasteiger partial charge in [0.2, 0.25) is 11.8 Å². The number of benzene rings is 1. The van der Waals surface area contributed by atoms with E-state index < -0.39 is 29.7 Å². The number of fused-ring (bicyclic) bond motifs is 2. The van der Waals surface area contributed by atoms with Crippen LogP contribution < -0.4 is 16.4 Å². The molecular formula is C31H31N7O4. The van der Waals surface area contributed by atoms with Crippen LogP contribution in [0.2, 0.25) is 0 Å². The summed E-state index contributed by atoms with van der Waals surface area (Å²) in [6.07, 6.45) is 9.88. The molecule has 2 aliphatic heterocycles. The first kappa shape index (κ1) is 26.1. The molecule has 1 saturated heterocycles. The molecule has 42 heavy (non-hydrogen) atoms. The minimum atomic E-state index is -0.972. The van der Waals surface area contributed by atoms with Crippen LogP contribution in [-0.4, -0.2) is 63.3 Å². The summed E-state index contributed by atoms with van der Waals surface area (Å²) in [6, 6.07) is 8.26. The molecule has 0 radical (unpaired) electrons. The van der Waals surface area contributed by atoms with Crippen molar-refractivity contribution in [1.82, 2.24) is 20.2 Å². The van der Waals surface area contributed by atoms with E-state index in [-0.39, 0.29) is 30.0 Å². The Labute approximate surface area is 241 Å². The number of anilines is 1. The lowest BCUT2D eigenvalue weighted by molar-refractivity contribution is -0.136. The molecule has 3 fully saturated rings. The van der Waals surface area contributed by atoms with Crippen LogP contribution in [0.25, 0.3) is 16.5 Å². The highest BCUT2D eigenvalue weighted by molar-refractivity contribution is 6.23. The van der Waals surface area contributed by atoms with Gasteiger partial charge in [0.1, 0.15) is 6.04 Å². The predicted octanol–water partition coefficient (Wildman–Crippen LogP) is 3.01. The number of pyridine rings is 1. The summed E-state index contributed by atoms with van der Waals surface area (Å²) >= 11 is 0. The molecule has 4 heterocycles. The molecule has 4 aliphatic rings. The normalized spacial score (nSPS) is 24.6. The third-order valence-corrected chi connectivity index (χ3v) is 8.72. The van der Waals surface area contributed by atoms with Crippen molar-refractivity contribution < 1.29 is 19.2 Å². The van der Waals surface area contributed by atoms with Crippen LogP contribution in [0.15, 0.2) is 53.4 Å². The summed E-state index contributed by atoms with van der Waals surface area (Å²) in [4.78, 5) is 63.6. The van der Waals surface area contributed by atoms with E-state index in [1.807, 2.05) is 24.5 Å². The zero-order valence-corrected chi connectivity index (χ0v) is 22.9. The zero-order chi connectivity index (χ0) is 29.0. The molecule has 2 saturated carbocycles. The summed E-state index contributed by atoms with van der Waals surface area (Å²) in [6.45, 7) is 0.709. The van der Waals surface area contributed by atoms with Gasteiger partial charge in [-0.05, 0) is 74.3 Å². The minimum Gasteiger partial charge on any atom is -0.401 e. The van der Waals surface area contributed by atoms with Gasteiger partial charge in [-0.25, -0.2) is 0 Å². The van der Waals surface area contributed by atoms with Crippen molar-refractivity contribution in [3.8, 4) is 0 Å². The average molecular weight is 566 g/mol. The first-order chi connectivity index (χ1) is 20.4. The molecule has 7 rings (SSSR count). The van der Waals surface area contributed by atoms with Gasteiger partial charge in [0.05, 0.1) is 22.9 Å². The van der Waals surface area contributed by atoms with Gasteiger partial charge in [-0.2, -0.15) is 0 Å². The van der Waals surface area contributed by atoms with Crippen molar-refractivity contribution in [1.29, 1.82) is 0 Å². The van der Waals surface area contributed by atoms with Crippen LogP contribution in [0.4, 0.5) is 5.69 Å². The summed E-state index contributed by atoms with van der Waals surface area (Å²) in [7, 11) is 0. The van der Waals surface area contributed by atoms with Crippen LogP contribution in [0, 0.1) is 11.8 Å². The molecule has 214 valence electrons. The monoisotopic (exact) mass is 565 g/mol. The molecule has 11 nitrogen and oxygen atoms in total. The van der Waals surface area contributed by atoms with E-state index in [0.29, 0.717) is 18.4 Å². The molecule has 11 heteroatoms. The van der Waals surface area contributed by atoms with Crippen LogP contribution in [0.3, 0.4) is 0 Å². The highest BCUT2D eigenvalue weighted by atomic mass is 16.2. The van der Waals surface area contributed by atoms with Gasteiger partial charge in [0, 0.05) is 59.4 Å². The van der Waals surface area contributed by atoms with Gasteiger partial charge in [-0.15, -0.1) is 0 Å². The number of nitrogens with two attached hydrogens (primary N) is 1. The number of carbonyl (C=O) groups excluding carboxylic acids is 4. The lowest BCUT2D eigenvalue weighted by Gasteiger charge is -2.33. The molecule has 1 unspecified atom stereocenters.